The van der Waals surface area contributed by atoms with E-state index in [1.807, 2.05) is 43.3 Å². The number of nitrogens with one attached hydrogen (secondary N) is 2. The number of carbonyl (C=O) groups excluding carboxylic acids is 2. The summed E-state index contributed by atoms with van der Waals surface area (Å²) in [6.07, 6.45) is 0.729. The monoisotopic (exact) mass is 467 g/mol. The van der Waals surface area contributed by atoms with Crippen molar-refractivity contribution in [3.05, 3.63) is 71.4 Å². The fourth-order valence-electron chi connectivity index (χ4n) is 3.22. The molecule has 33 heavy (non-hydrogen) atoms. The van der Waals surface area contributed by atoms with E-state index in [-0.39, 0.29) is 23.9 Å². The summed E-state index contributed by atoms with van der Waals surface area (Å²) in [4.78, 5) is 27.2. The average molecular weight is 468 g/mol. The maximum Gasteiger partial charge on any atom is 0.322 e. The number of benzene rings is 2. The average Bonchev–Trinajstić information content (AvgIpc) is 3.19. The summed E-state index contributed by atoms with van der Waals surface area (Å²) in [6.45, 7) is 8.52. The minimum atomic E-state index is -0.320. The SMILES string of the molecule is CCCN(CC(=O)Nc1cc(C(C)(C)C)nn1-c1ccc(Cl)cc1)C(=O)Nc1ccccc1. The molecule has 0 saturated heterocycles. The maximum atomic E-state index is 13.0. The highest BCUT2D eigenvalue weighted by molar-refractivity contribution is 6.30. The van der Waals surface area contributed by atoms with E-state index in [0.29, 0.717) is 23.1 Å². The Morgan fingerprint density at radius 2 is 1.70 bits per heavy atom. The quantitative estimate of drug-likeness (QED) is 0.467. The lowest BCUT2D eigenvalue weighted by Gasteiger charge is -2.22. The molecular weight excluding hydrogens is 438 g/mol. The summed E-state index contributed by atoms with van der Waals surface area (Å²) in [5.41, 5.74) is 2.08. The van der Waals surface area contributed by atoms with Crippen LogP contribution in [0.4, 0.5) is 16.3 Å². The van der Waals surface area contributed by atoms with Crippen LogP contribution in [0.25, 0.3) is 5.69 Å². The van der Waals surface area contributed by atoms with Crippen LogP contribution in [-0.4, -0.2) is 39.7 Å². The molecule has 3 rings (SSSR count). The lowest BCUT2D eigenvalue weighted by atomic mass is 9.92. The summed E-state index contributed by atoms with van der Waals surface area (Å²) < 4.78 is 1.68. The van der Waals surface area contributed by atoms with E-state index in [2.05, 4.69) is 31.4 Å². The van der Waals surface area contributed by atoms with Gasteiger partial charge in [0.05, 0.1) is 11.4 Å². The number of amides is 3. The second-order valence-electron chi connectivity index (χ2n) is 8.82. The van der Waals surface area contributed by atoms with Crippen LogP contribution in [-0.2, 0) is 10.2 Å². The van der Waals surface area contributed by atoms with Gasteiger partial charge in [-0.3, -0.25) is 4.79 Å². The van der Waals surface area contributed by atoms with E-state index >= 15 is 0 Å². The number of hydrogen-bond acceptors (Lipinski definition) is 3. The van der Waals surface area contributed by atoms with Gasteiger partial charge in [-0.25, -0.2) is 9.48 Å². The zero-order chi connectivity index (χ0) is 24.0. The summed E-state index contributed by atoms with van der Waals surface area (Å²) in [6, 6.07) is 18.0. The number of rotatable bonds is 7. The van der Waals surface area contributed by atoms with Gasteiger partial charge in [-0.15, -0.1) is 0 Å². The molecule has 0 spiro atoms. The highest BCUT2D eigenvalue weighted by Crippen LogP contribution is 2.27. The highest BCUT2D eigenvalue weighted by Gasteiger charge is 2.23. The maximum absolute atomic E-state index is 13.0. The molecule has 1 aromatic heterocycles. The summed E-state index contributed by atoms with van der Waals surface area (Å²) in [5.74, 6) is 0.231. The first kappa shape index (κ1) is 24.3. The van der Waals surface area contributed by atoms with Crippen molar-refractivity contribution in [3.63, 3.8) is 0 Å². The molecule has 0 fully saturated rings. The molecule has 1 heterocycles. The van der Waals surface area contributed by atoms with Crippen molar-refractivity contribution >= 4 is 35.0 Å². The number of anilines is 2. The minimum absolute atomic E-state index is 0.0802. The Kier molecular flexibility index (Phi) is 7.76. The highest BCUT2D eigenvalue weighted by atomic mass is 35.5. The summed E-state index contributed by atoms with van der Waals surface area (Å²) in [5, 5.41) is 11.1. The van der Waals surface area contributed by atoms with Crippen molar-refractivity contribution in [1.82, 2.24) is 14.7 Å². The van der Waals surface area contributed by atoms with Gasteiger partial charge in [0.1, 0.15) is 12.4 Å². The smallest absolute Gasteiger partial charge is 0.315 e. The largest absolute Gasteiger partial charge is 0.322 e. The lowest BCUT2D eigenvalue weighted by molar-refractivity contribution is -0.116. The van der Waals surface area contributed by atoms with Gasteiger partial charge in [0.2, 0.25) is 5.91 Å². The van der Waals surface area contributed by atoms with Gasteiger partial charge in [0.25, 0.3) is 0 Å². The molecule has 174 valence electrons. The molecule has 0 bridgehead atoms. The van der Waals surface area contributed by atoms with Gasteiger partial charge < -0.3 is 15.5 Å². The van der Waals surface area contributed by atoms with Crippen molar-refractivity contribution in [1.29, 1.82) is 0 Å². The molecule has 3 amide bonds. The Hall–Kier alpha value is -3.32. The second kappa shape index (κ2) is 10.5. The Bertz CT molecular complexity index is 1090. The van der Waals surface area contributed by atoms with E-state index in [9.17, 15) is 9.59 Å². The molecular formula is C25H30ClN5O2. The van der Waals surface area contributed by atoms with Gasteiger partial charge >= 0.3 is 6.03 Å². The van der Waals surface area contributed by atoms with Crippen LogP contribution in [0.5, 0.6) is 0 Å². The first-order valence-corrected chi connectivity index (χ1v) is 11.3. The van der Waals surface area contributed by atoms with Gasteiger partial charge in [-0.05, 0) is 42.8 Å². The Balaban J connectivity index is 1.79. The van der Waals surface area contributed by atoms with Gasteiger partial charge in [0, 0.05) is 28.7 Å². The zero-order valence-electron chi connectivity index (χ0n) is 19.4. The van der Waals surface area contributed by atoms with E-state index in [4.69, 9.17) is 16.7 Å². The molecule has 0 radical (unpaired) electrons. The summed E-state index contributed by atoms with van der Waals surface area (Å²) >= 11 is 6.03. The predicted octanol–water partition coefficient (Wildman–Crippen LogP) is 5.71. The molecule has 0 aliphatic carbocycles. The van der Waals surface area contributed by atoms with Crippen LogP contribution in [0.1, 0.15) is 39.8 Å². The molecule has 3 aromatic rings. The number of halogens is 1. The third-order valence-electron chi connectivity index (χ3n) is 4.96. The van der Waals surface area contributed by atoms with Crippen molar-refractivity contribution in [2.24, 2.45) is 0 Å². The number of carbonyl (C=O) groups is 2. The fourth-order valence-corrected chi connectivity index (χ4v) is 3.34. The van der Waals surface area contributed by atoms with Crippen LogP contribution in [0, 0.1) is 0 Å². The Morgan fingerprint density at radius 1 is 1.03 bits per heavy atom. The van der Waals surface area contributed by atoms with Crippen molar-refractivity contribution in [3.8, 4) is 5.69 Å². The van der Waals surface area contributed by atoms with Crippen LogP contribution in [0.3, 0.4) is 0 Å². The fraction of sp³-hybridized carbons (Fsp3) is 0.320. The van der Waals surface area contributed by atoms with Crippen LogP contribution < -0.4 is 10.6 Å². The number of para-hydroxylation sites is 1. The predicted molar refractivity (Wildman–Crippen MR) is 133 cm³/mol. The molecule has 0 aliphatic rings. The van der Waals surface area contributed by atoms with Crippen LogP contribution in [0.2, 0.25) is 5.02 Å². The molecule has 2 aromatic carbocycles. The molecule has 2 N–H and O–H groups in total. The first-order valence-electron chi connectivity index (χ1n) is 10.9. The Morgan fingerprint density at radius 3 is 2.30 bits per heavy atom. The van der Waals surface area contributed by atoms with Crippen LogP contribution >= 0.6 is 11.6 Å². The molecule has 0 unspecified atom stereocenters. The van der Waals surface area contributed by atoms with Gasteiger partial charge in [-0.1, -0.05) is 57.5 Å². The van der Waals surface area contributed by atoms with Gasteiger partial charge in [-0.2, -0.15) is 5.10 Å². The van der Waals surface area contributed by atoms with Gasteiger partial charge in [0.15, 0.2) is 0 Å². The van der Waals surface area contributed by atoms with Crippen LogP contribution in [0.15, 0.2) is 60.7 Å². The van der Waals surface area contributed by atoms with E-state index in [1.54, 1.807) is 28.9 Å². The summed E-state index contributed by atoms with van der Waals surface area (Å²) in [7, 11) is 0. The van der Waals surface area contributed by atoms with E-state index in [0.717, 1.165) is 17.8 Å². The lowest BCUT2D eigenvalue weighted by Crippen LogP contribution is -2.41. The topological polar surface area (TPSA) is 79.3 Å². The third kappa shape index (κ3) is 6.58. The molecule has 8 heteroatoms. The van der Waals surface area contributed by atoms with Crippen molar-refractivity contribution in [2.45, 2.75) is 39.5 Å². The number of hydrogen-bond donors (Lipinski definition) is 2. The standard InChI is InChI=1S/C25H30ClN5O2/c1-5-15-30(24(33)27-19-9-7-6-8-10-19)17-23(32)28-22-16-21(25(2,3)4)29-31(22)20-13-11-18(26)12-14-20/h6-14,16H,5,15,17H2,1-4H3,(H,27,33)(H,28,32). The first-order chi connectivity index (χ1) is 15.7. The number of urea groups is 1. The Labute approximate surface area is 199 Å². The third-order valence-corrected chi connectivity index (χ3v) is 5.21. The second-order valence-corrected chi connectivity index (χ2v) is 9.26. The normalized spacial score (nSPS) is 11.2. The van der Waals surface area contributed by atoms with Crippen molar-refractivity contribution in [2.75, 3.05) is 23.7 Å². The molecule has 0 aliphatic heterocycles. The molecule has 0 saturated carbocycles. The molecule has 0 atom stereocenters. The van der Waals surface area contributed by atoms with E-state index in [1.165, 1.54) is 4.90 Å². The molecule has 7 nitrogen and oxygen atoms in total. The number of nitrogens with zero attached hydrogens (tertiary/aromatic N) is 3. The zero-order valence-corrected chi connectivity index (χ0v) is 20.2. The van der Waals surface area contributed by atoms with E-state index < -0.39 is 0 Å². The number of aromatic nitrogens is 2. The minimum Gasteiger partial charge on any atom is -0.315 e. The van der Waals surface area contributed by atoms with Crippen molar-refractivity contribution < 1.29 is 9.59 Å².